The number of thiazole rings is 1. The highest BCUT2D eigenvalue weighted by atomic mass is 32.1. The van der Waals surface area contributed by atoms with E-state index in [1.165, 1.54) is 27.6 Å². The van der Waals surface area contributed by atoms with Gasteiger partial charge >= 0.3 is 0 Å². The van der Waals surface area contributed by atoms with Crippen molar-refractivity contribution in [2.75, 3.05) is 25.4 Å². The Balaban J connectivity index is 1.53. The fourth-order valence-corrected chi connectivity index (χ4v) is 4.53. The third-order valence-corrected chi connectivity index (χ3v) is 6.64. The van der Waals surface area contributed by atoms with Gasteiger partial charge in [0.25, 0.3) is 5.56 Å². The maximum Gasteiger partial charge on any atom is 0.251 e. The molecule has 3 heterocycles. The molecule has 0 atom stereocenters. The summed E-state index contributed by atoms with van der Waals surface area (Å²) in [6.07, 6.45) is 4.47. The smallest absolute Gasteiger partial charge is 0.251 e. The fourth-order valence-electron chi connectivity index (χ4n) is 3.64. The van der Waals surface area contributed by atoms with Gasteiger partial charge in [-0.05, 0) is 55.8 Å². The van der Waals surface area contributed by atoms with Crippen molar-refractivity contribution in [1.29, 1.82) is 0 Å². The van der Waals surface area contributed by atoms with Crippen LogP contribution in [-0.2, 0) is 13.1 Å². The fraction of sp³-hybridized carbons (Fsp3) is 0.429. The van der Waals surface area contributed by atoms with Crippen LogP contribution >= 0.6 is 11.3 Å². The summed E-state index contributed by atoms with van der Waals surface area (Å²) in [4.78, 5) is 19.3. The lowest BCUT2D eigenvalue weighted by atomic mass is 10.1. The summed E-state index contributed by atoms with van der Waals surface area (Å²) >= 11 is 1.75. The lowest BCUT2D eigenvalue weighted by Gasteiger charge is -2.32. The Labute approximate surface area is 181 Å². The molecule has 0 spiro atoms. The maximum atomic E-state index is 13.7. The molecule has 0 aliphatic carbocycles. The van der Waals surface area contributed by atoms with E-state index in [-0.39, 0.29) is 5.56 Å². The maximum absolute atomic E-state index is 13.7. The zero-order valence-corrected chi connectivity index (χ0v) is 18.5. The number of hydrogen-bond acceptors (Lipinski definition) is 6. The standard InChI is InChI=1S/C21H29BFN5OS/c1-3-15(23)12-18-17(24)4-5-20(29)28(18)11-10-27-8-6-16(7-9-27)25-13-19-26-14(2)21(22)30-19/h3-5,12,16,25H,1,6-11,13,22,24H2,2H3/b15-12+. The molecule has 1 aliphatic rings. The Morgan fingerprint density at radius 1 is 1.43 bits per heavy atom. The molecule has 0 unspecified atom stereocenters. The van der Waals surface area contributed by atoms with E-state index in [0.29, 0.717) is 24.0 Å². The average Bonchev–Trinajstić information content (AvgIpc) is 3.06. The van der Waals surface area contributed by atoms with Crippen molar-refractivity contribution < 1.29 is 4.39 Å². The lowest BCUT2D eigenvalue weighted by molar-refractivity contribution is 0.190. The molecule has 6 nitrogen and oxygen atoms in total. The number of nitrogen functional groups attached to an aromatic ring is 1. The van der Waals surface area contributed by atoms with Gasteiger partial charge in [-0.2, -0.15) is 0 Å². The normalized spacial score (nSPS) is 16.1. The summed E-state index contributed by atoms with van der Waals surface area (Å²) < 4.78 is 16.5. The zero-order chi connectivity index (χ0) is 21.7. The van der Waals surface area contributed by atoms with Crippen LogP contribution < -0.4 is 21.4 Å². The minimum atomic E-state index is -0.515. The number of aromatic nitrogens is 2. The molecule has 2 aromatic rings. The molecule has 3 N–H and O–H groups in total. The van der Waals surface area contributed by atoms with Crippen LogP contribution in [0.15, 0.2) is 35.4 Å². The van der Waals surface area contributed by atoms with Crippen molar-refractivity contribution in [1.82, 2.24) is 19.8 Å². The van der Waals surface area contributed by atoms with Gasteiger partial charge in [-0.3, -0.25) is 4.79 Å². The molecule has 1 saturated heterocycles. The third kappa shape index (κ3) is 5.68. The van der Waals surface area contributed by atoms with Crippen LogP contribution in [0.25, 0.3) is 6.08 Å². The van der Waals surface area contributed by atoms with Gasteiger partial charge in [-0.1, -0.05) is 6.58 Å². The zero-order valence-electron chi connectivity index (χ0n) is 17.7. The number of pyridine rings is 1. The van der Waals surface area contributed by atoms with Crippen LogP contribution in [0.4, 0.5) is 10.1 Å². The van der Waals surface area contributed by atoms with Crippen LogP contribution in [0.2, 0.25) is 0 Å². The van der Waals surface area contributed by atoms with Gasteiger partial charge in [0.05, 0.1) is 11.4 Å². The molecule has 0 bridgehead atoms. The van der Waals surface area contributed by atoms with Crippen molar-refractivity contribution in [3.63, 3.8) is 0 Å². The van der Waals surface area contributed by atoms with Crippen LogP contribution in [0, 0.1) is 6.92 Å². The summed E-state index contributed by atoms with van der Waals surface area (Å²) in [5, 5.41) is 4.76. The molecule has 2 aromatic heterocycles. The number of nitrogens with one attached hydrogen (secondary N) is 1. The SMILES string of the molecule is Bc1sc(CNC2CCN(CCn3c(/C=C(/F)C=C)c(N)ccc3=O)CC2)nc1C. The summed E-state index contributed by atoms with van der Waals surface area (Å²) in [5.74, 6) is -0.515. The first-order chi connectivity index (χ1) is 14.4. The first kappa shape index (κ1) is 22.5. The predicted octanol–water partition coefficient (Wildman–Crippen LogP) is 1.20. The second-order valence-electron chi connectivity index (χ2n) is 7.64. The van der Waals surface area contributed by atoms with E-state index in [0.717, 1.165) is 55.8 Å². The van der Waals surface area contributed by atoms with Gasteiger partial charge in [-0.25, -0.2) is 9.37 Å². The number of allylic oxidation sites excluding steroid dienone is 2. The molecule has 0 amide bonds. The Morgan fingerprint density at radius 3 is 2.80 bits per heavy atom. The molecule has 0 saturated carbocycles. The van der Waals surface area contributed by atoms with Crippen molar-refractivity contribution in [2.45, 2.75) is 38.9 Å². The Kier molecular flexibility index (Phi) is 7.63. The van der Waals surface area contributed by atoms with E-state index < -0.39 is 5.83 Å². The Morgan fingerprint density at radius 2 is 2.17 bits per heavy atom. The number of piperidine rings is 1. The minimum absolute atomic E-state index is 0.183. The average molecular weight is 429 g/mol. The van der Waals surface area contributed by atoms with Gasteiger partial charge in [-0.15, -0.1) is 11.3 Å². The number of aryl methyl sites for hydroxylation is 1. The summed E-state index contributed by atoms with van der Waals surface area (Å²) in [6, 6.07) is 3.42. The van der Waals surface area contributed by atoms with Crippen LogP contribution in [0.1, 0.15) is 29.2 Å². The van der Waals surface area contributed by atoms with E-state index in [4.69, 9.17) is 5.73 Å². The second kappa shape index (κ2) is 10.2. The van der Waals surface area contributed by atoms with Gasteiger partial charge in [0.15, 0.2) is 7.85 Å². The highest BCUT2D eigenvalue weighted by Crippen LogP contribution is 2.16. The van der Waals surface area contributed by atoms with E-state index in [1.807, 2.05) is 6.92 Å². The first-order valence-electron chi connectivity index (χ1n) is 10.2. The molecule has 30 heavy (non-hydrogen) atoms. The molecule has 0 radical (unpaired) electrons. The number of hydrogen-bond donors (Lipinski definition) is 2. The van der Waals surface area contributed by atoms with Crippen molar-refractivity contribution >= 4 is 35.7 Å². The Hall–Kier alpha value is -2.23. The number of nitrogens with zero attached hydrogens (tertiary/aromatic N) is 3. The van der Waals surface area contributed by atoms with E-state index in [9.17, 15) is 9.18 Å². The Bertz CT molecular complexity index is 959. The van der Waals surface area contributed by atoms with Gasteiger partial charge in [0, 0.05) is 37.4 Å². The van der Waals surface area contributed by atoms with Crippen molar-refractivity contribution in [3.05, 3.63) is 57.4 Å². The van der Waals surface area contributed by atoms with Gasteiger partial charge in [0.1, 0.15) is 10.8 Å². The lowest BCUT2D eigenvalue weighted by Crippen LogP contribution is -2.43. The summed E-state index contributed by atoms with van der Waals surface area (Å²) in [5.41, 5.74) is 7.69. The van der Waals surface area contributed by atoms with Crippen molar-refractivity contribution in [2.24, 2.45) is 0 Å². The van der Waals surface area contributed by atoms with Crippen LogP contribution in [0.3, 0.4) is 0 Å². The number of halogens is 1. The highest BCUT2D eigenvalue weighted by molar-refractivity contribution is 7.19. The number of anilines is 1. The quantitative estimate of drug-likeness (QED) is 0.487. The number of rotatable bonds is 8. The molecule has 160 valence electrons. The molecule has 3 rings (SSSR count). The van der Waals surface area contributed by atoms with E-state index in [2.05, 4.69) is 29.6 Å². The largest absolute Gasteiger partial charge is 0.397 e. The monoisotopic (exact) mass is 429 g/mol. The molecule has 1 fully saturated rings. The van der Waals surface area contributed by atoms with E-state index >= 15 is 0 Å². The molecular formula is C21H29BFN5OS. The predicted molar refractivity (Wildman–Crippen MR) is 126 cm³/mol. The van der Waals surface area contributed by atoms with Gasteiger partial charge < -0.3 is 20.5 Å². The molecular weight excluding hydrogens is 400 g/mol. The number of likely N-dealkylation sites (tertiary alicyclic amines) is 1. The number of nitrogens with two attached hydrogens (primary N) is 1. The first-order valence-corrected chi connectivity index (χ1v) is 11.1. The molecule has 0 aromatic carbocycles. The van der Waals surface area contributed by atoms with Crippen LogP contribution in [-0.4, -0.2) is 48.0 Å². The third-order valence-electron chi connectivity index (χ3n) is 5.57. The topological polar surface area (TPSA) is 76.2 Å². The van der Waals surface area contributed by atoms with Crippen molar-refractivity contribution in [3.8, 4) is 0 Å². The van der Waals surface area contributed by atoms with Gasteiger partial charge in [0.2, 0.25) is 0 Å². The molecule has 9 heteroatoms. The minimum Gasteiger partial charge on any atom is -0.397 e. The van der Waals surface area contributed by atoms with E-state index in [1.54, 1.807) is 11.3 Å². The second-order valence-corrected chi connectivity index (χ2v) is 8.93. The highest BCUT2D eigenvalue weighted by Gasteiger charge is 2.19. The molecule has 1 aliphatic heterocycles. The van der Waals surface area contributed by atoms with Crippen LogP contribution in [0.5, 0.6) is 0 Å². The summed E-state index contributed by atoms with van der Waals surface area (Å²) in [7, 11) is 2.10. The summed E-state index contributed by atoms with van der Waals surface area (Å²) in [6.45, 7) is 9.38.